The zero-order valence-electron chi connectivity index (χ0n) is 9.59. The third-order valence-electron chi connectivity index (χ3n) is 4.36. The van der Waals surface area contributed by atoms with Crippen LogP contribution < -0.4 is 0 Å². The van der Waals surface area contributed by atoms with Crippen molar-refractivity contribution < 1.29 is 9.59 Å². The molecular weight excluding hydrogens is 204 g/mol. The highest BCUT2D eigenvalue weighted by molar-refractivity contribution is 5.89. The van der Waals surface area contributed by atoms with Gasteiger partial charge in [-0.2, -0.15) is 0 Å². The summed E-state index contributed by atoms with van der Waals surface area (Å²) in [7, 11) is 3.65. The number of hydrogen-bond acceptors (Lipinski definition) is 2. The van der Waals surface area contributed by atoms with Crippen molar-refractivity contribution in [2.24, 2.45) is 11.8 Å². The van der Waals surface area contributed by atoms with Crippen molar-refractivity contribution in [2.45, 2.75) is 24.9 Å². The molecule has 0 aromatic rings. The van der Waals surface area contributed by atoms with Gasteiger partial charge < -0.3 is 9.80 Å². The third-order valence-corrected chi connectivity index (χ3v) is 4.36. The molecule has 0 N–H and O–H groups in total. The molecule has 6 rings (SSSR count). The summed E-state index contributed by atoms with van der Waals surface area (Å²) in [5, 5.41) is 0. The van der Waals surface area contributed by atoms with Crippen LogP contribution in [0.25, 0.3) is 0 Å². The Labute approximate surface area is 94.9 Å². The number of carbonyl (C=O) groups is 2. The highest BCUT2D eigenvalue weighted by Gasteiger charge is 2.49. The Morgan fingerprint density at radius 3 is 2.56 bits per heavy atom. The number of hydrogen-bond donors (Lipinski definition) is 0. The van der Waals surface area contributed by atoms with E-state index in [0.29, 0.717) is 0 Å². The number of carbonyl (C=O) groups excluding carboxylic acids is 2. The maximum atomic E-state index is 12.2. The van der Waals surface area contributed by atoms with Gasteiger partial charge in [0.2, 0.25) is 11.8 Å². The Morgan fingerprint density at radius 1 is 1.06 bits per heavy atom. The minimum Gasteiger partial charge on any atom is -0.341 e. The van der Waals surface area contributed by atoms with Crippen LogP contribution in [-0.2, 0) is 9.59 Å². The molecule has 86 valence electrons. The summed E-state index contributed by atoms with van der Waals surface area (Å²) in [4.78, 5) is 27.8. The minimum absolute atomic E-state index is 0.0278. The lowest BCUT2D eigenvalue weighted by Crippen LogP contribution is -2.62. The van der Waals surface area contributed by atoms with Crippen LogP contribution in [0.3, 0.4) is 0 Å². The van der Waals surface area contributed by atoms with E-state index in [-0.39, 0.29) is 35.7 Å². The molecule has 5 aliphatic heterocycles. The van der Waals surface area contributed by atoms with Crippen LogP contribution in [-0.4, -0.2) is 47.8 Å². The van der Waals surface area contributed by atoms with Crippen molar-refractivity contribution in [3.63, 3.8) is 0 Å². The molecule has 4 bridgehead atoms. The fraction of sp³-hybridized carbons (Fsp3) is 0.667. The second kappa shape index (κ2) is 3.09. The average Bonchev–Trinajstić information content (AvgIpc) is 2.23. The first-order chi connectivity index (χ1) is 7.61. The molecule has 0 radical (unpaired) electrons. The molecule has 0 aromatic heterocycles. The summed E-state index contributed by atoms with van der Waals surface area (Å²) in [5.41, 5.74) is 0. The maximum Gasteiger partial charge on any atom is 0.231 e. The molecule has 4 atom stereocenters. The monoisotopic (exact) mass is 220 g/mol. The molecule has 1 aliphatic carbocycles. The van der Waals surface area contributed by atoms with E-state index in [1.807, 2.05) is 26.2 Å². The lowest BCUT2D eigenvalue weighted by molar-refractivity contribution is -0.155. The van der Waals surface area contributed by atoms with Gasteiger partial charge in [0.05, 0.1) is 17.9 Å². The van der Waals surface area contributed by atoms with Gasteiger partial charge in [-0.15, -0.1) is 0 Å². The fourth-order valence-electron chi connectivity index (χ4n) is 3.35. The normalized spacial score (nSPS) is 41.6. The Balaban J connectivity index is 2.12. The van der Waals surface area contributed by atoms with Gasteiger partial charge in [0, 0.05) is 20.1 Å². The van der Waals surface area contributed by atoms with Crippen molar-refractivity contribution in [3.8, 4) is 0 Å². The minimum atomic E-state index is -0.128. The van der Waals surface area contributed by atoms with E-state index in [9.17, 15) is 9.59 Å². The molecular formula is C12H16N2O2. The quantitative estimate of drug-likeness (QED) is 0.549. The van der Waals surface area contributed by atoms with Gasteiger partial charge in [0.1, 0.15) is 0 Å². The Kier molecular flexibility index (Phi) is 1.91. The van der Waals surface area contributed by atoms with Crippen molar-refractivity contribution in [1.29, 1.82) is 0 Å². The molecule has 0 aromatic carbocycles. The van der Waals surface area contributed by atoms with E-state index in [1.165, 1.54) is 0 Å². The molecule has 2 amide bonds. The van der Waals surface area contributed by atoms with E-state index < -0.39 is 0 Å². The summed E-state index contributed by atoms with van der Waals surface area (Å²) in [6.45, 7) is 0. The van der Waals surface area contributed by atoms with E-state index >= 15 is 0 Å². The van der Waals surface area contributed by atoms with Crippen LogP contribution in [0.5, 0.6) is 0 Å². The van der Waals surface area contributed by atoms with Crippen LogP contribution in [0.2, 0.25) is 0 Å². The maximum absolute atomic E-state index is 12.2. The molecule has 0 spiro atoms. The van der Waals surface area contributed by atoms with Crippen molar-refractivity contribution in [3.05, 3.63) is 12.2 Å². The summed E-state index contributed by atoms with van der Waals surface area (Å²) in [6, 6.07) is 0.0381. The lowest BCUT2D eigenvalue weighted by atomic mass is 9.75. The topological polar surface area (TPSA) is 40.6 Å². The van der Waals surface area contributed by atoms with Gasteiger partial charge in [-0.25, -0.2) is 0 Å². The molecule has 5 heterocycles. The van der Waals surface area contributed by atoms with Crippen molar-refractivity contribution >= 4 is 11.8 Å². The summed E-state index contributed by atoms with van der Waals surface area (Å²) >= 11 is 0. The molecule has 4 heteroatoms. The van der Waals surface area contributed by atoms with Crippen LogP contribution >= 0.6 is 0 Å². The van der Waals surface area contributed by atoms with E-state index in [1.54, 1.807) is 9.80 Å². The standard InChI is InChI=1S/C12H16N2O2/c1-13-9-5-3-8(11(13)15)10-6-4-7(9)12(16)14(10)2/h3,5,7-10H,4,6H2,1-2H3. The van der Waals surface area contributed by atoms with Crippen LogP contribution in [0.15, 0.2) is 12.2 Å². The van der Waals surface area contributed by atoms with Gasteiger partial charge >= 0.3 is 0 Å². The zero-order chi connectivity index (χ0) is 11.4. The first-order valence-corrected chi connectivity index (χ1v) is 5.83. The van der Waals surface area contributed by atoms with E-state index in [2.05, 4.69) is 0 Å². The average molecular weight is 220 g/mol. The van der Waals surface area contributed by atoms with Crippen molar-refractivity contribution in [1.82, 2.24) is 9.80 Å². The Morgan fingerprint density at radius 2 is 1.81 bits per heavy atom. The highest BCUT2D eigenvalue weighted by atomic mass is 16.2. The molecule has 0 saturated carbocycles. The number of rotatable bonds is 0. The molecule has 3 saturated heterocycles. The highest BCUT2D eigenvalue weighted by Crippen LogP contribution is 2.38. The molecule has 3 fully saturated rings. The summed E-state index contributed by atoms with van der Waals surface area (Å²) in [5.74, 6) is 0.209. The lowest BCUT2D eigenvalue weighted by Gasteiger charge is -2.50. The van der Waals surface area contributed by atoms with Crippen LogP contribution in [0.1, 0.15) is 12.8 Å². The first kappa shape index (κ1) is 9.87. The molecule has 4 unspecified atom stereocenters. The third kappa shape index (κ3) is 1.05. The van der Waals surface area contributed by atoms with Gasteiger partial charge in [0.15, 0.2) is 0 Å². The summed E-state index contributed by atoms with van der Waals surface area (Å²) < 4.78 is 0. The van der Waals surface area contributed by atoms with Gasteiger partial charge in [0.25, 0.3) is 0 Å². The number of likely N-dealkylation sites (N-methyl/N-ethyl adjacent to an activating group) is 1. The van der Waals surface area contributed by atoms with Crippen molar-refractivity contribution in [2.75, 3.05) is 14.1 Å². The van der Waals surface area contributed by atoms with Crippen LogP contribution in [0.4, 0.5) is 0 Å². The van der Waals surface area contributed by atoms with Gasteiger partial charge in [-0.05, 0) is 12.8 Å². The molecule has 6 aliphatic rings. The van der Waals surface area contributed by atoms with Crippen LogP contribution in [0, 0.1) is 11.8 Å². The second-order valence-corrected chi connectivity index (χ2v) is 5.05. The smallest absolute Gasteiger partial charge is 0.231 e. The predicted octanol–water partition coefficient (Wildman–Crippen LogP) is 0.250. The Hall–Kier alpha value is -1.32. The fourth-order valence-corrected chi connectivity index (χ4v) is 3.35. The van der Waals surface area contributed by atoms with E-state index in [4.69, 9.17) is 0 Å². The number of amides is 2. The van der Waals surface area contributed by atoms with Gasteiger partial charge in [-0.3, -0.25) is 9.59 Å². The molecule has 16 heavy (non-hydrogen) atoms. The second-order valence-electron chi connectivity index (χ2n) is 5.05. The van der Waals surface area contributed by atoms with Gasteiger partial charge in [-0.1, -0.05) is 12.2 Å². The zero-order valence-corrected chi connectivity index (χ0v) is 9.59. The Bertz CT molecular complexity index is 390. The first-order valence-electron chi connectivity index (χ1n) is 5.83. The number of piperidine rings is 1. The largest absolute Gasteiger partial charge is 0.341 e. The SMILES string of the molecule is CN1C(=O)C2C=CC1C1CCC2N(C)C1=O. The predicted molar refractivity (Wildman–Crippen MR) is 58.5 cm³/mol. The summed E-state index contributed by atoms with van der Waals surface area (Å²) in [6.07, 6.45) is 5.93. The van der Waals surface area contributed by atoms with E-state index in [0.717, 1.165) is 12.8 Å². The molecule has 4 nitrogen and oxygen atoms in total. The number of nitrogens with zero attached hydrogens (tertiary/aromatic N) is 2.